The van der Waals surface area contributed by atoms with Crippen molar-refractivity contribution in [2.24, 2.45) is 0 Å². The van der Waals surface area contributed by atoms with E-state index in [4.69, 9.17) is 9.15 Å². The number of carbonyl (C=O) groups is 1. The topological polar surface area (TPSA) is 81.7 Å². The molecule has 0 aliphatic carbocycles. The quantitative estimate of drug-likeness (QED) is 0.548. The van der Waals surface area contributed by atoms with Crippen LogP contribution in [0.4, 0.5) is 4.39 Å². The molecular formula is C18H15FN4O3S. The Morgan fingerprint density at radius 3 is 3.15 bits per heavy atom. The van der Waals surface area contributed by atoms with Crippen molar-refractivity contribution in [3.63, 3.8) is 0 Å². The van der Waals surface area contributed by atoms with Crippen molar-refractivity contribution in [1.29, 1.82) is 0 Å². The minimum atomic E-state index is -0.395. The monoisotopic (exact) mass is 386 g/mol. The summed E-state index contributed by atoms with van der Waals surface area (Å²) in [6, 6.07) is 5.46. The second kappa shape index (κ2) is 7.20. The molecule has 3 heterocycles. The largest absolute Gasteiger partial charge is 0.484 e. The highest BCUT2D eigenvalue weighted by atomic mass is 32.1. The molecule has 3 aromatic heterocycles. The molecule has 138 valence electrons. The summed E-state index contributed by atoms with van der Waals surface area (Å²) in [6.07, 6.45) is 5.05. The number of ether oxygens (including phenoxy) is 1. The van der Waals surface area contributed by atoms with Crippen LogP contribution in [0, 0.1) is 5.82 Å². The van der Waals surface area contributed by atoms with Crippen molar-refractivity contribution in [3.8, 4) is 5.75 Å². The number of amides is 1. The summed E-state index contributed by atoms with van der Waals surface area (Å²) in [4.78, 5) is 21.8. The highest BCUT2D eigenvalue weighted by Gasteiger charge is 2.18. The lowest BCUT2D eigenvalue weighted by Crippen LogP contribution is -2.27. The van der Waals surface area contributed by atoms with Crippen LogP contribution in [0.25, 0.3) is 4.96 Å². The van der Waals surface area contributed by atoms with Crippen molar-refractivity contribution in [2.45, 2.75) is 19.6 Å². The summed E-state index contributed by atoms with van der Waals surface area (Å²) >= 11 is 1.52. The number of hydrogen-bond donors (Lipinski definition) is 1. The fraction of sp³-hybridized carbons (Fsp3) is 0.167. The van der Waals surface area contributed by atoms with Crippen LogP contribution in [-0.4, -0.2) is 20.3 Å². The molecule has 0 radical (unpaired) electrons. The molecule has 0 unspecified atom stereocenters. The standard InChI is InChI=1S/C18H15FN4O3S/c1-11(14-8-23-5-6-27-18(23)22-14)20-17(24)15-9-26-16(21-15)10-25-13-4-2-3-12(19)7-13/h2-9,11H,10H2,1H3,(H,20,24)/t11-/m1/s1. The minimum Gasteiger partial charge on any atom is -0.484 e. The Balaban J connectivity index is 1.37. The van der Waals surface area contributed by atoms with Crippen LogP contribution in [0.1, 0.15) is 35.0 Å². The Labute approximate surface area is 157 Å². The van der Waals surface area contributed by atoms with Crippen molar-refractivity contribution >= 4 is 22.2 Å². The fourth-order valence-electron chi connectivity index (χ4n) is 2.48. The molecule has 0 fully saturated rings. The number of benzene rings is 1. The molecule has 1 N–H and O–H groups in total. The number of aromatic nitrogens is 3. The maximum Gasteiger partial charge on any atom is 0.273 e. The van der Waals surface area contributed by atoms with Crippen molar-refractivity contribution in [2.75, 3.05) is 0 Å². The summed E-state index contributed by atoms with van der Waals surface area (Å²) < 4.78 is 25.7. The second-order valence-corrected chi connectivity index (χ2v) is 6.70. The lowest BCUT2D eigenvalue weighted by Gasteiger charge is -2.09. The third-order valence-corrected chi connectivity index (χ3v) is 4.62. The summed E-state index contributed by atoms with van der Waals surface area (Å²) in [7, 11) is 0. The zero-order valence-corrected chi connectivity index (χ0v) is 15.1. The Morgan fingerprint density at radius 1 is 1.44 bits per heavy atom. The Morgan fingerprint density at radius 2 is 2.33 bits per heavy atom. The van der Waals surface area contributed by atoms with E-state index in [2.05, 4.69) is 15.3 Å². The van der Waals surface area contributed by atoms with E-state index in [1.807, 2.05) is 29.1 Å². The van der Waals surface area contributed by atoms with Gasteiger partial charge in [0, 0.05) is 23.8 Å². The van der Waals surface area contributed by atoms with Gasteiger partial charge < -0.3 is 14.5 Å². The SMILES string of the molecule is C[C@@H](NC(=O)c1coc(COc2cccc(F)c2)n1)c1cn2ccsc2n1. The maximum atomic E-state index is 13.1. The first-order valence-corrected chi connectivity index (χ1v) is 9.02. The minimum absolute atomic E-state index is 0.0103. The molecule has 0 aliphatic heterocycles. The molecule has 0 bridgehead atoms. The number of carbonyl (C=O) groups excluding carboxylic acids is 1. The second-order valence-electron chi connectivity index (χ2n) is 5.83. The number of nitrogens with zero attached hydrogens (tertiary/aromatic N) is 3. The van der Waals surface area contributed by atoms with Gasteiger partial charge in [-0.3, -0.25) is 9.20 Å². The molecule has 1 amide bonds. The molecule has 7 nitrogen and oxygen atoms in total. The summed E-state index contributed by atoms with van der Waals surface area (Å²) in [6.45, 7) is 1.84. The van der Waals surface area contributed by atoms with Crippen molar-refractivity contribution in [3.05, 3.63) is 71.4 Å². The molecule has 4 aromatic rings. The first-order chi connectivity index (χ1) is 13.1. The third kappa shape index (κ3) is 3.82. The van der Waals surface area contributed by atoms with Crippen molar-refractivity contribution in [1.82, 2.24) is 19.7 Å². The van der Waals surface area contributed by atoms with Crippen LogP contribution in [0.2, 0.25) is 0 Å². The number of rotatable bonds is 6. The van der Waals surface area contributed by atoms with Crippen LogP contribution in [-0.2, 0) is 6.61 Å². The number of oxazole rings is 1. The number of thiazole rings is 1. The molecule has 1 atom stereocenters. The van der Waals surface area contributed by atoms with Gasteiger partial charge in [-0.05, 0) is 19.1 Å². The number of hydrogen-bond acceptors (Lipinski definition) is 6. The molecule has 27 heavy (non-hydrogen) atoms. The Kier molecular flexibility index (Phi) is 4.59. The molecule has 0 aliphatic rings. The lowest BCUT2D eigenvalue weighted by atomic mass is 10.2. The van der Waals surface area contributed by atoms with Gasteiger partial charge >= 0.3 is 0 Å². The van der Waals surface area contributed by atoms with Crippen LogP contribution in [0.5, 0.6) is 5.75 Å². The Bertz CT molecular complexity index is 1060. The average Bonchev–Trinajstić information content (AvgIpc) is 3.35. The van der Waals surface area contributed by atoms with Gasteiger partial charge in [0.05, 0.1) is 11.7 Å². The van der Waals surface area contributed by atoms with Crippen LogP contribution in [0.15, 0.2) is 52.7 Å². The van der Waals surface area contributed by atoms with Crippen LogP contribution in [0.3, 0.4) is 0 Å². The number of imidazole rings is 1. The highest BCUT2D eigenvalue weighted by molar-refractivity contribution is 7.15. The first kappa shape index (κ1) is 17.2. The van der Waals surface area contributed by atoms with Gasteiger partial charge in [-0.2, -0.15) is 0 Å². The van der Waals surface area contributed by atoms with E-state index >= 15 is 0 Å². The van der Waals surface area contributed by atoms with Gasteiger partial charge in [-0.15, -0.1) is 11.3 Å². The first-order valence-electron chi connectivity index (χ1n) is 8.14. The number of nitrogens with one attached hydrogen (secondary N) is 1. The van der Waals surface area contributed by atoms with E-state index in [9.17, 15) is 9.18 Å². The zero-order chi connectivity index (χ0) is 18.8. The predicted octanol–water partition coefficient (Wildman–Crippen LogP) is 3.59. The molecule has 0 spiro atoms. The fourth-order valence-corrected chi connectivity index (χ4v) is 3.19. The third-order valence-electron chi connectivity index (χ3n) is 3.85. The van der Waals surface area contributed by atoms with Gasteiger partial charge in [-0.25, -0.2) is 14.4 Å². The van der Waals surface area contributed by atoms with Gasteiger partial charge in [0.1, 0.15) is 17.8 Å². The van der Waals surface area contributed by atoms with Crippen LogP contribution < -0.4 is 10.1 Å². The lowest BCUT2D eigenvalue weighted by molar-refractivity contribution is 0.0934. The summed E-state index contributed by atoms with van der Waals surface area (Å²) in [5.74, 6) is -0.195. The molecule has 1 aromatic carbocycles. The molecule has 0 saturated carbocycles. The molecular weight excluding hydrogens is 371 g/mol. The van der Waals surface area contributed by atoms with E-state index in [0.717, 1.165) is 10.7 Å². The zero-order valence-electron chi connectivity index (χ0n) is 14.3. The number of fused-ring (bicyclic) bond motifs is 1. The summed E-state index contributed by atoms with van der Waals surface area (Å²) in [5.41, 5.74) is 0.897. The van der Waals surface area contributed by atoms with E-state index in [1.54, 1.807) is 12.1 Å². The molecule has 0 saturated heterocycles. The predicted molar refractivity (Wildman–Crippen MR) is 96.2 cm³/mol. The maximum absolute atomic E-state index is 13.1. The average molecular weight is 386 g/mol. The van der Waals surface area contributed by atoms with Gasteiger partial charge in [0.2, 0.25) is 5.89 Å². The van der Waals surface area contributed by atoms with E-state index in [0.29, 0.717) is 5.75 Å². The molecule has 4 rings (SSSR count). The summed E-state index contributed by atoms with van der Waals surface area (Å²) in [5, 5.41) is 4.78. The van der Waals surface area contributed by atoms with E-state index in [1.165, 1.54) is 29.7 Å². The number of halogens is 1. The highest BCUT2D eigenvalue weighted by Crippen LogP contribution is 2.18. The van der Waals surface area contributed by atoms with Crippen LogP contribution >= 0.6 is 11.3 Å². The normalized spacial score (nSPS) is 12.2. The Hall–Kier alpha value is -3.20. The van der Waals surface area contributed by atoms with Gasteiger partial charge in [0.15, 0.2) is 17.3 Å². The van der Waals surface area contributed by atoms with E-state index < -0.39 is 5.82 Å². The smallest absolute Gasteiger partial charge is 0.273 e. The van der Waals surface area contributed by atoms with Crippen molar-refractivity contribution < 1.29 is 18.3 Å². The molecule has 9 heteroatoms. The van der Waals surface area contributed by atoms with Gasteiger partial charge in [-0.1, -0.05) is 6.07 Å². The van der Waals surface area contributed by atoms with E-state index in [-0.39, 0.29) is 30.1 Å². The van der Waals surface area contributed by atoms with Gasteiger partial charge in [0.25, 0.3) is 5.91 Å².